The van der Waals surface area contributed by atoms with Crippen LogP contribution in [0.1, 0.15) is 37.9 Å². The molecule has 38 heavy (non-hydrogen) atoms. The Bertz CT molecular complexity index is 1640. The number of benzene rings is 2. The SMILES string of the molecule is CCOC(=O)C1=C(C)N=c2s/c(=C\c3ccc(OC(C)=O)c(Br)c3)c(=O)n2[C@@H]1c1cc(OC)ccc1OC. The normalized spacial score (nSPS) is 15.0. The van der Waals surface area contributed by atoms with Crippen LogP contribution in [0.25, 0.3) is 6.08 Å². The van der Waals surface area contributed by atoms with E-state index in [-0.39, 0.29) is 17.7 Å². The number of fused-ring (bicyclic) bond motifs is 1. The Morgan fingerprint density at radius 3 is 2.50 bits per heavy atom. The van der Waals surface area contributed by atoms with Gasteiger partial charge in [0.15, 0.2) is 4.80 Å². The fourth-order valence-corrected chi connectivity index (χ4v) is 5.66. The van der Waals surface area contributed by atoms with E-state index in [1.165, 1.54) is 37.0 Å². The van der Waals surface area contributed by atoms with Crippen molar-refractivity contribution in [1.29, 1.82) is 0 Å². The maximum Gasteiger partial charge on any atom is 0.338 e. The zero-order valence-corrected chi connectivity index (χ0v) is 23.8. The smallest absolute Gasteiger partial charge is 0.338 e. The van der Waals surface area contributed by atoms with Gasteiger partial charge in [-0.3, -0.25) is 14.2 Å². The molecule has 0 radical (unpaired) electrons. The van der Waals surface area contributed by atoms with E-state index in [4.69, 9.17) is 18.9 Å². The van der Waals surface area contributed by atoms with Gasteiger partial charge < -0.3 is 18.9 Å². The number of allylic oxidation sites excluding steroid dienone is 1. The lowest BCUT2D eigenvalue weighted by molar-refractivity contribution is -0.139. The summed E-state index contributed by atoms with van der Waals surface area (Å²) < 4.78 is 24.0. The van der Waals surface area contributed by atoms with Gasteiger partial charge in [-0.05, 0) is 71.7 Å². The number of ether oxygens (including phenoxy) is 4. The van der Waals surface area contributed by atoms with E-state index in [9.17, 15) is 14.4 Å². The van der Waals surface area contributed by atoms with Crippen LogP contribution in [0.3, 0.4) is 0 Å². The summed E-state index contributed by atoms with van der Waals surface area (Å²) >= 11 is 4.60. The Balaban J connectivity index is 1.95. The van der Waals surface area contributed by atoms with Crippen LogP contribution in [0, 0.1) is 0 Å². The van der Waals surface area contributed by atoms with Gasteiger partial charge in [0.05, 0.1) is 41.1 Å². The lowest BCUT2D eigenvalue weighted by Crippen LogP contribution is -2.40. The van der Waals surface area contributed by atoms with Gasteiger partial charge in [-0.25, -0.2) is 9.79 Å². The van der Waals surface area contributed by atoms with Crippen molar-refractivity contribution in [2.75, 3.05) is 20.8 Å². The van der Waals surface area contributed by atoms with Crippen molar-refractivity contribution in [2.24, 2.45) is 4.99 Å². The number of hydrogen-bond donors (Lipinski definition) is 0. The molecule has 198 valence electrons. The van der Waals surface area contributed by atoms with Crippen LogP contribution in [0.5, 0.6) is 17.2 Å². The van der Waals surface area contributed by atoms with Crippen molar-refractivity contribution in [3.8, 4) is 17.2 Å². The van der Waals surface area contributed by atoms with Crippen LogP contribution in [-0.4, -0.2) is 37.3 Å². The molecule has 1 aliphatic rings. The standard InChI is InChI=1S/C27H25BrN2O7S/c1-6-36-26(33)23-14(2)29-27-30(24(23)18-13-17(34-4)8-10-20(18)35-5)25(32)22(38-27)12-16-7-9-21(19(28)11-16)37-15(3)31/h7-13,24H,6H2,1-5H3/b22-12-/t24-/m1/s1. The predicted octanol–water partition coefficient (Wildman–Crippen LogP) is 3.50. The topological polar surface area (TPSA) is 105 Å². The van der Waals surface area contributed by atoms with Gasteiger partial charge in [0.2, 0.25) is 0 Å². The van der Waals surface area contributed by atoms with Crippen LogP contribution in [0.2, 0.25) is 0 Å². The third-order valence-corrected chi connectivity index (χ3v) is 7.36. The molecule has 0 aliphatic carbocycles. The summed E-state index contributed by atoms with van der Waals surface area (Å²) in [7, 11) is 3.06. The second-order valence-corrected chi connectivity index (χ2v) is 10.1. The molecule has 2 aromatic carbocycles. The molecular weight excluding hydrogens is 576 g/mol. The summed E-state index contributed by atoms with van der Waals surface area (Å²) in [5.41, 5.74) is 1.61. The number of methoxy groups -OCH3 is 2. The van der Waals surface area contributed by atoms with Gasteiger partial charge >= 0.3 is 11.9 Å². The molecular formula is C27H25BrN2O7S. The molecule has 0 amide bonds. The van der Waals surface area contributed by atoms with E-state index < -0.39 is 18.0 Å². The van der Waals surface area contributed by atoms with Gasteiger partial charge in [0.25, 0.3) is 5.56 Å². The second kappa shape index (κ2) is 11.4. The number of rotatable bonds is 7. The third-order valence-electron chi connectivity index (χ3n) is 5.76. The van der Waals surface area contributed by atoms with Gasteiger partial charge in [-0.1, -0.05) is 17.4 Å². The highest BCUT2D eigenvalue weighted by Crippen LogP contribution is 2.37. The van der Waals surface area contributed by atoms with Gasteiger partial charge in [0.1, 0.15) is 23.3 Å². The Labute approximate surface area is 230 Å². The Kier molecular flexibility index (Phi) is 8.17. The molecule has 4 rings (SSSR count). The molecule has 11 heteroatoms. The molecule has 0 saturated heterocycles. The summed E-state index contributed by atoms with van der Waals surface area (Å²) in [5, 5.41) is 0. The maximum atomic E-state index is 13.8. The molecule has 0 fully saturated rings. The Hall–Kier alpha value is -3.70. The maximum absolute atomic E-state index is 13.8. The molecule has 0 bridgehead atoms. The van der Waals surface area contributed by atoms with Crippen molar-refractivity contribution in [2.45, 2.75) is 26.8 Å². The number of thiazole rings is 1. The highest BCUT2D eigenvalue weighted by atomic mass is 79.9. The van der Waals surface area contributed by atoms with E-state index in [1.54, 1.807) is 56.3 Å². The van der Waals surface area contributed by atoms with Crippen LogP contribution in [-0.2, 0) is 14.3 Å². The average molecular weight is 601 g/mol. The molecule has 0 saturated carbocycles. The number of aromatic nitrogens is 1. The molecule has 0 N–H and O–H groups in total. The van der Waals surface area contributed by atoms with Crippen molar-refractivity contribution in [1.82, 2.24) is 4.57 Å². The fraction of sp³-hybridized carbons (Fsp3) is 0.259. The molecule has 0 unspecified atom stereocenters. The van der Waals surface area contributed by atoms with E-state index in [0.717, 1.165) is 0 Å². The number of carbonyl (C=O) groups is 2. The summed E-state index contributed by atoms with van der Waals surface area (Å²) in [6.07, 6.45) is 1.72. The van der Waals surface area contributed by atoms with E-state index in [1.807, 2.05) is 0 Å². The number of esters is 2. The van der Waals surface area contributed by atoms with Crippen LogP contribution < -0.4 is 29.1 Å². The molecule has 3 aromatic rings. The van der Waals surface area contributed by atoms with Gasteiger partial charge in [-0.2, -0.15) is 0 Å². The monoisotopic (exact) mass is 600 g/mol. The number of nitrogens with zero attached hydrogens (tertiary/aromatic N) is 2. The molecule has 1 atom stereocenters. The lowest BCUT2D eigenvalue weighted by atomic mass is 9.94. The molecule has 1 aromatic heterocycles. The minimum Gasteiger partial charge on any atom is -0.497 e. The van der Waals surface area contributed by atoms with Crippen LogP contribution in [0.15, 0.2) is 61.9 Å². The van der Waals surface area contributed by atoms with Crippen molar-refractivity contribution < 1.29 is 28.5 Å². The second-order valence-electron chi connectivity index (χ2n) is 8.19. The van der Waals surface area contributed by atoms with Gasteiger partial charge in [0, 0.05) is 12.5 Å². The molecule has 0 spiro atoms. The summed E-state index contributed by atoms with van der Waals surface area (Å²) in [6, 6.07) is 9.47. The Morgan fingerprint density at radius 2 is 1.87 bits per heavy atom. The van der Waals surface area contributed by atoms with Crippen molar-refractivity contribution in [3.63, 3.8) is 0 Å². The number of halogens is 1. The van der Waals surface area contributed by atoms with Gasteiger partial charge in [-0.15, -0.1) is 0 Å². The van der Waals surface area contributed by atoms with Crippen molar-refractivity contribution >= 4 is 45.3 Å². The number of carbonyl (C=O) groups excluding carboxylic acids is 2. The quantitative estimate of drug-likeness (QED) is 0.302. The molecule has 1 aliphatic heterocycles. The highest BCUT2D eigenvalue weighted by Gasteiger charge is 2.35. The minimum absolute atomic E-state index is 0.167. The van der Waals surface area contributed by atoms with E-state index >= 15 is 0 Å². The zero-order chi connectivity index (χ0) is 27.6. The molecule has 2 heterocycles. The zero-order valence-electron chi connectivity index (χ0n) is 21.4. The highest BCUT2D eigenvalue weighted by molar-refractivity contribution is 9.10. The predicted molar refractivity (Wildman–Crippen MR) is 145 cm³/mol. The average Bonchev–Trinajstić information content (AvgIpc) is 3.18. The largest absolute Gasteiger partial charge is 0.497 e. The van der Waals surface area contributed by atoms with Crippen LogP contribution >= 0.6 is 27.3 Å². The first-order valence-electron chi connectivity index (χ1n) is 11.6. The third kappa shape index (κ3) is 5.30. The summed E-state index contributed by atoms with van der Waals surface area (Å²) in [5.74, 6) is 0.386. The summed E-state index contributed by atoms with van der Waals surface area (Å²) in [4.78, 5) is 43.3. The molecule has 9 nitrogen and oxygen atoms in total. The van der Waals surface area contributed by atoms with E-state index in [2.05, 4.69) is 20.9 Å². The Morgan fingerprint density at radius 1 is 1.13 bits per heavy atom. The summed E-state index contributed by atoms with van der Waals surface area (Å²) in [6.45, 7) is 4.92. The van der Waals surface area contributed by atoms with Crippen LogP contribution in [0.4, 0.5) is 0 Å². The minimum atomic E-state index is -0.851. The van der Waals surface area contributed by atoms with Crippen molar-refractivity contribution in [3.05, 3.63) is 83.0 Å². The van der Waals surface area contributed by atoms with E-state index in [0.29, 0.717) is 47.9 Å². The first-order valence-corrected chi connectivity index (χ1v) is 13.2. The lowest BCUT2D eigenvalue weighted by Gasteiger charge is -2.26. The first kappa shape index (κ1) is 27.3. The number of hydrogen-bond acceptors (Lipinski definition) is 9. The fourth-order valence-electron chi connectivity index (χ4n) is 4.13. The first-order chi connectivity index (χ1) is 18.2.